The first-order chi connectivity index (χ1) is 7.36. The average molecular weight is 204 g/mol. The Hall–Kier alpha value is 0.0649. The van der Waals surface area contributed by atoms with Crippen LogP contribution in [0.5, 0.6) is 0 Å². The van der Waals surface area contributed by atoms with Crippen molar-refractivity contribution in [1.82, 2.24) is 0 Å². The van der Waals surface area contributed by atoms with Gasteiger partial charge in [-0.05, 0) is 5.92 Å². The molecule has 2 atom stereocenters. The first kappa shape index (κ1) is 10.2. The van der Waals surface area contributed by atoms with Gasteiger partial charge in [0.1, 0.15) is 6.71 Å². The second-order valence-corrected chi connectivity index (χ2v) is 6.53. The standard InChI is InChI=1S/C14H25B/c1-11-5-2-10-14(11)15-12-6-3-7-13(15)9-4-8-12/h11-14H,2-10H2,1H3. The Labute approximate surface area is 95.3 Å². The van der Waals surface area contributed by atoms with E-state index in [2.05, 4.69) is 6.92 Å². The first-order valence-corrected chi connectivity index (χ1v) is 7.36. The molecule has 2 heterocycles. The predicted molar refractivity (Wildman–Crippen MR) is 67.7 cm³/mol. The molecule has 84 valence electrons. The van der Waals surface area contributed by atoms with Crippen LogP contribution in [-0.2, 0) is 0 Å². The molecule has 0 N–H and O–H groups in total. The molecule has 0 aromatic heterocycles. The van der Waals surface area contributed by atoms with Gasteiger partial charge in [-0.2, -0.15) is 0 Å². The number of hydrogen-bond donors (Lipinski definition) is 0. The van der Waals surface area contributed by atoms with E-state index in [1.54, 1.807) is 44.9 Å². The minimum atomic E-state index is 1.05. The fourth-order valence-corrected chi connectivity index (χ4v) is 5.17. The lowest BCUT2D eigenvalue weighted by molar-refractivity contribution is 0.424. The number of hydrogen-bond acceptors (Lipinski definition) is 0. The van der Waals surface area contributed by atoms with E-state index in [0.717, 1.165) is 30.1 Å². The molecule has 0 spiro atoms. The van der Waals surface area contributed by atoms with Crippen molar-refractivity contribution in [2.75, 3.05) is 0 Å². The molecule has 2 bridgehead atoms. The van der Waals surface area contributed by atoms with Crippen molar-refractivity contribution in [3.05, 3.63) is 0 Å². The zero-order valence-corrected chi connectivity index (χ0v) is 10.3. The highest BCUT2D eigenvalue weighted by atomic mass is 14.3. The van der Waals surface area contributed by atoms with Crippen molar-refractivity contribution in [1.29, 1.82) is 0 Å². The van der Waals surface area contributed by atoms with Crippen molar-refractivity contribution >= 4 is 6.71 Å². The quantitative estimate of drug-likeness (QED) is 0.539. The van der Waals surface area contributed by atoms with Gasteiger partial charge in [-0.25, -0.2) is 0 Å². The summed E-state index contributed by atoms with van der Waals surface area (Å²) in [6.07, 6.45) is 14.0. The van der Waals surface area contributed by atoms with Crippen LogP contribution in [0.2, 0.25) is 17.5 Å². The summed E-state index contributed by atoms with van der Waals surface area (Å²) >= 11 is 0. The SMILES string of the molecule is CC1CCCC1B1C2CCCC1CCC2. The summed E-state index contributed by atoms with van der Waals surface area (Å²) in [6.45, 7) is 3.69. The van der Waals surface area contributed by atoms with Crippen LogP contribution in [0.4, 0.5) is 0 Å². The van der Waals surface area contributed by atoms with Gasteiger partial charge in [0.2, 0.25) is 0 Å². The highest BCUT2D eigenvalue weighted by Crippen LogP contribution is 2.55. The van der Waals surface area contributed by atoms with Crippen LogP contribution >= 0.6 is 0 Å². The molecule has 0 aromatic rings. The fraction of sp³-hybridized carbons (Fsp3) is 1.00. The Kier molecular flexibility index (Phi) is 2.83. The maximum Gasteiger partial charge on any atom is 0.149 e. The summed E-state index contributed by atoms with van der Waals surface area (Å²) in [6, 6.07) is 0. The van der Waals surface area contributed by atoms with Gasteiger partial charge in [0, 0.05) is 0 Å². The molecule has 2 saturated heterocycles. The maximum atomic E-state index is 2.53. The summed E-state index contributed by atoms with van der Waals surface area (Å²) in [5.74, 6) is 4.46. The Bertz CT molecular complexity index is 203. The molecule has 3 fully saturated rings. The molecule has 1 heteroatoms. The average Bonchev–Trinajstić information content (AvgIpc) is 2.63. The lowest BCUT2D eigenvalue weighted by Gasteiger charge is -2.44. The van der Waals surface area contributed by atoms with Crippen LogP contribution in [0.1, 0.15) is 64.7 Å². The molecule has 1 saturated carbocycles. The summed E-state index contributed by atoms with van der Waals surface area (Å²) in [5.41, 5.74) is 0. The van der Waals surface area contributed by atoms with Crippen LogP contribution in [-0.4, -0.2) is 6.71 Å². The highest BCUT2D eigenvalue weighted by Gasteiger charge is 2.45. The second-order valence-electron chi connectivity index (χ2n) is 6.53. The summed E-state index contributed by atoms with van der Waals surface area (Å²) < 4.78 is 0. The molecular weight excluding hydrogens is 179 g/mol. The van der Waals surface area contributed by atoms with Gasteiger partial charge in [-0.1, -0.05) is 82.2 Å². The zero-order chi connectivity index (χ0) is 10.3. The molecule has 0 amide bonds. The maximum absolute atomic E-state index is 2.53. The van der Waals surface area contributed by atoms with Crippen molar-refractivity contribution in [2.45, 2.75) is 82.2 Å². The van der Waals surface area contributed by atoms with E-state index in [1.165, 1.54) is 12.8 Å². The number of fused-ring (bicyclic) bond motifs is 2. The van der Waals surface area contributed by atoms with E-state index in [4.69, 9.17) is 0 Å². The van der Waals surface area contributed by atoms with Gasteiger partial charge >= 0.3 is 0 Å². The summed E-state index contributed by atoms with van der Waals surface area (Å²) in [7, 11) is 0. The Morgan fingerprint density at radius 1 is 0.733 bits per heavy atom. The molecule has 1 aliphatic carbocycles. The monoisotopic (exact) mass is 204 g/mol. The van der Waals surface area contributed by atoms with Crippen molar-refractivity contribution in [3.8, 4) is 0 Å². The third-order valence-corrected chi connectivity index (χ3v) is 5.81. The van der Waals surface area contributed by atoms with Gasteiger partial charge in [-0.15, -0.1) is 0 Å². The van der Waals surface area contributed by atoms with E-state index in [0.29, 0.717) is 0 Å². The van der Waals surface area contributed by atoms with E-state index >= 15 is 0 Å². The molecule has 0 nitrogen and oxygen atoms in total. The molecule has 2 unspecified atom stereocenters. The van der Waals surface area contributed by atoms with Gasteiger partial charge in [0.25, 0.3) is 0 Å². The third kappa shape index (κ3) is 1.76. The first-order valence-electron chi connectivity index (χ1n) is 7.36. The molecule has 3 rings (SSSR count). The predicted octanol–water partition coefficient (Wildman–Crippen LogP) is 4.78. The fourth-order valence-electron chi connectivity index (χ4n) is 5.17. The lowest BCUT2D eigenvalue weighted by Crippen LogP contribution is -2.39. The molecule has 0 aromatic carbocycles. The van der Waals surface area contributed by atoms with E-state index in [1.807, 2.05) is 0 Å². The van der Waals surface area contributed by atoms with Crippen LogP contribution in [0, 0.1) is 5.92 Å². The molecule has 0 radical (unpaired) electrons. The van der Waals surface area contributed by atoms with E-state index < -0.39 is 0 Å². The highest BCUT2D eigenvalue weighted by molar-refractivity contribution is 6.64. The van der Waals surface area contributed by atoms with Gasteiger partial charge in [0.05, 0.1) is 0 Å². The van der Waals surface area contributed by atoms with E-state index in [9.17, 15) is 0 Å². The topological polar surface area (TPSA) is 0 Å². The minimum Gasteiger partial charge on any atom is -0.0629 e. The molecular formula is C14H25B. The van der Waals surface area contributed by atoms with Crippen LogP contribution in [0.25, 0.3) is 0 Å². The second kappa shape index (κ2) is 4.15. The Morgan fingerprint density at radius 2 is 1.27 bits per heavy atom. The van der Waals surface area contributed by atoms with Gasteiger partial charge in [-0.3, -0.25) is 0 Å². The van der Waals surface area contributed by atoms with Crippen LogP contribution < -0.4 is 0 Å². The van der Waals surface area contributed by atoms with Crippen LogP contribution in [0.15, 0.2) is 0 Å². The van der Waals surface area contributed by atoms with Crippen molar-refractivity contribution in [3.63, 3.8) is 0 Å². The van der Waals surface area contributed by atoms with E-state index in [-0.39, 0.29) is 0 Å². The third-order valence-electron chi connectivity index (χ3n) is 5.81. The van der Waals surface area contributed by atoms with Gasteiger partial charge < -0.3 is 0 Å². The Balaban J connectivity index is 1.77. The Morgan fingerprint density at radius 3 is 1.73 bits per heavy atom. The van der Waals surface area contributed by atoms with Gasteiger partial charge in [0.15, 0.2) is 0 Å². The number of rotatable bonds is 1. The summed E-state index contributed by atoms with van der Waals surface area (Å²) in [5, 5.41) is 0. The zero-order valence-electron chi connectivity index (χ0n) is 10.3. The molecule has 2 aliphatic heterocycles. The van der Waals surface area contributed by atoms with Crippen molar-refractivity contribution < 1.29 is 0 Å². The van der Waals surface area contributed by atoms with Crippen LogP contribution in [0.3, 0.4) is 0 Å². The summed E-state index contributed by atoms with van der Waals surface area (Å²) in [4.78, 5) is 0. The molecule has 15 heavy (non-hydrogen) atoms. The largest absolute Gasteiger partial charge is 0.149 e. The minimum absolute atomic E-state index is 1.05. The normalized spacial score (nSPS) is 45.8. The smallest absolute Gasteiger partial charge is 0.0629 e. The van der Waals surface area contributed by atoms with Crippen molar-refractivity contribution in [2.24, 2.45) is 5.92 Å². The molecule has 3 aliphatic rings. The lowest BCUT2D eigenvalue weighted by atomic mass is 9.21.